The van der Waals surface area contributed by atoms with Crippen LogP contribution in [0.3, 0.4) is 0 Å². The van der Waals surface area contributed by atoms with E-state index in [1.54, 1.807) is 5.56 Å². The smallest absolute Gasteiger partial charge is 0.0325 e. The molecule has 0 aliphatic heterocycles. The van der Waals surface area contributed by atoms with Gasteiger partial charge in [-0.2, -0.15) is 0 Å². The fourth-order valence-electron chi connectivity index (χ4n) is 3.21. The van der Waals surface area contributed by atoms with E-state index in [1.807, 2.05) is 0 Å². The molecule has 0 heterocycles. The van der Waals surface area contributed by atoms with Crippen molar-refractivity contribution < 1.29 is 0 Å². The summed E-state index contributed by atoms with van der Waals surface area (Å²) >= 11 is 0. The maximum Gasteiger partial charge on any atom is 0.0325 e. The maximum absolute atomic E-state index is 3.81. The summed E-state index contributed by atoms with van der Waals surface area (Å²) in [4.78, 5) is 0. The van der Waals surface area contributed by atoms with E-state index in [-0.39, 0.29) is 0 Å². The molecule has 1 heteroatoms. The van der Waals surface area contributed by atoms with Crippen LogP contribution < -0.4 is 5.32 Å². The highest BCUT2D eigenvalue weighted by molar-refractivity contribution is 5.34. The zero-order valence-electron chi connectivity index (χ0n) is 13.5. The Hall–Kier alpha value is -0.820. The molecule has 0 aromatic heterocycles. The lowest BCUT2D eigenvalue weighted by atomic mass is 9.78. The van der Waals surface area contributed by atoms with Gasteiger partial charge in [0, 0.05) is 6.04 Å². The van der Waals surface area contributed by atoms with Crippen molar-refractivity contribution in [3.8, 4) is 0 Å². The Morgan fingerprint density at radius 2 is 1.95 bits per heavy atom. The number of aryl methyl sites for hydroxylation is 2. The molecule has 1 aliphatic carbocycles. The second-order valence-corrected chi connectivity index (χ2v) is 6.28. The van der Waals surface area contributed by atoms with Gasteiger partial charge in [-0.3, -0.25) is 0 Å². The molecule has 2 rings (SSSR count). The highest BCUT2D eigenvalue weighted by Crippen LogP contribution is 2.36. The van der Waals surface area contributed by atoms with Gasteiger partial charge in [-0.1, -0.05) is 58.2 Å². The Morgan fingerprint density at radius 3 is 2.50 bits per heavy atom. The van der Waals surface area contributed by atoms with E-state index in [0.29, 0.717) is 6.04 Å². The minimum atomic E-state index is 0.571. The largest absolute Gasteiger partial charge is 0.310 e. The van der Waals surface area contributed by atoms with Gasteiger partial charge in [0.1, 0.15) is 0 Å². The van der Waals surface area contributed by atoms with Crippen LogP contribution in [0.4, 0.5) is 0 Å². The van der Waals surface area contributed by atoms with Crippen LogP contribution in [-0.2, 0) is 12.8 Å². The van der Waals surface area contributed by atoms with E-state index in [0.717, 1.165) is 25.3 Å². The highest BCUT2D eigenvalue weighted by atomic mass is 14.9. The van der Waals surface area contributed by atoms with Crippen molar-refractivity contribution in [1.29, 1.82) is 0 Å². The first-order chi connectivity index (χ1) is 9.78. The Kier molecular flexibility index (Phi) is 6.09. The minimum absolute atomic E-state index is 0.571. The SMILES string of the molecule is CCCNC(CC1CCC1)c1cc(CC)ccc1CC. The molecule has 1 atom stereocenters. The third-order valence-electron chi connectivity index (χ3n) is 4.81. The van der Waals surface area contributed by atoms with E-state index in [1.165, 1.54) is 43.2 Å². The van der Waals surface area contributed by atoms with Gasteiger partial charge in [-0.15, -0.1) is 0 Å². The average molecular weight is 273 g/mol. The zero-order valence-corrected chi connectivity index (χ0v) is 13.5. The standard InChI is InChI=1S/C19H31N/c1-4-12-20-19(14-16-8-7-9-16)18-13-15(5-2)10-11-17(18)6-3/h10-11,13,16,19-20H,4-9,12,14H2,1-3H3. The van der Waals surface area contributed by atoms with E-state index in [4.69, 9.17) is 0 Å². The van der Waals surface area contributed by atoms with Crippen LogP contribution in [0.25, 0.3) is 0 Å². The number of benzene rings is 1. The van der Waals surface area contributed by atoms with Crippen LogP contribution >= 0.6 is 0 Å². The summed E-state index contributed by atoms with van der Waals surface area (Å²) in [5, 5.41) is 3.81. The van der Waals surface area contributed by atoms with Gasteiger partial charge < -0.3 is 5.32 Å². The van der Waals surface area contributed by atoms with Gasteiger partial charge in [0.15, 0.2) is 0 Å². The predicted molar refractivity (Wildman–Crippen MR) is 88.2 cm³/mol. The van der Waals surface area contributed by atoms with Crippen LogP contribution in [0.15, 0.2) is 18.2 Å². The summed E-state index contributed by atoms with van der Waals surface area (Å²) in [6.45, 7) is 7.93. The molecule has 1 aromatic carbocycles. The molecule has 0 spiro atoms. The lowest BCUT2D eigenvalue weighted by Crippen LogP contribution is -2.27. The molecular formula is C19H31N. The highest BCUT2D eigenvalue weighted by Gasteiger charge is 2.24. The molecule has 1 N–H and O–H groups in total. The lowest BCUT2D eigenvalue weighted by Gasteiger charge is -2.31. The fourth-order valence-corrected chi connectivity index (χ4v) is 3.21. The third kappa shape index (κ3) is 3.85. The van der Waals surface area contributed by atoms with Crippen LogP contribution in [-0.4, -0.2) is 6.54 Å². The minimum Gasteiger partial charge on any atom is -0.310 e. The van der Waals surface area contributed by atoms with Crippen LogP contribution in [0.1, 0.15) is 75.6 Å². The van der Waals surface area contributed by atoms with Gasteiger partial charge in [-0.25, -0.2) is 0 Å². The van der Waals surface area contributed by atoms with Crippen LogP contribution in [0.2, 0.25) is 0 Å². The van der Waals surface area contributed by atoms with Gasteiger partial charge in [0.05, 0.1) is 0 Å². The van der Waals surface area contributed by atoms with Gasteiger partial charge in [0.25, 0.3) is 0 Å². The zero-order chi connectivity index (χ0) is 14.4. The summed E-state index contributed by atoms with van der Waals surface area (Å²) < 4.78 is 0. The lowest BCUT2D eigenvalue weighted by molar-refractivity contribution is 0.260. The van der Waals surface area contributed by atoms with Gasteiger partial charge >= 0.3 is 0 Å². The first-order valence-corrected chi connectivity index (χ1v) is 8.63. The molecule has 1 fully saturated rings. The van der Waals surface area contributed by atoms with Crippen molar-refractivity contribution in [2.45, 2.75) is 71.8 Å². The molecule has 1 aromatic rings. The van der Waals surface area contributed by atoms with E-state index >= 15 is 0 Å². The number of rotatable bonds is 8. The first-order valence-electron chi connectivity index (χ1n) is 8.63. The summed E-state index contributed by atoms with van der Waals surface area (Å²) in [5.74, 6) is 0.958. The Bertz CT molecular complexity index is 406. The van der Waals surface area contributed by atoms with Crippen molar-refractivity contribution in [2.75, 3.05) is 6.54 Å². The molecule has 1 saturated carbocycles. The number of hydrogen-bond acceptors (Lipinski definition) is 1. The summed E-state index contributed by atoms with van der Waals surface area (Å²) in [6, 6.07) is 7.70. The summed E-state index contributed by atoms with van der Waals surface area (Å²) in [7, 11) is 0. The number of hydrogen-bond donors (Lipinski definition) is 1. The average Bonchev–Trinajstić information content (AvgIpc) is 2.45. The van der Waals surface area contributed by atoms with Gasteiger partial charge in [0.2, 0.25) is 0 Å². The van der Waals surface area contributed by atoms with Crippen LogP contribution in [0, 0.1) is 5.92 Å². The maximum atomic E-state index is 3.81. The molecule has 1 unspecified atom stereocenters. The second-order valence-electron chi connectivity index (χ2n) is 6.28. The summed E-state index contributed by atoms with van der Waals surface area (Å²) in [6.07, 6.45) is 9.17. The topological polar surface area (TPSA) is 12.0 Å². The van der Waals surface area contributed by atoms with Crippen molar-refractivity contribution in [3.05, 3.63) is 34.9 Å². The van der Waals surface area contributed by atoms with Crippen molar-refractivity contribution >= 4 is 0 Å². The normalized spacial score (nSPS) is 16.9. The third-order valence-corrected chi connectivity index (χ3v) is 4.81. The molecule has 0 amide bonds. The quantitative estimate of drug-likeness (QED) is 0.699. The Morgan fingerprint density at radius 1 is 1.15 bits per heavy atom. The fraction of sp³-hybridized carbons (Fsp3) is 0.684. The molecule has 20 heavy (non-hydrogen) atoms. The molecule has 1 nitrogen and oxygen atoms in total. The molecule has 1 aliphatic rings. The monoisotopic (exact) mass is 273 g/mol. The molecule has 0 radical (unpaired) electrons. The Labute approximate surface area is 125 Å². The second kappa shape index (κ2) is 7.83. The molecular weight excluding hydrogens is 242 g/mol. The molecule has 0 bridgehead atoms. The number of nitrogens with one attached hydrogen (secondary N) is 1. The van der Waals surface area contributed by atoms with Crippen molar-refractivity contribution in [1.82, 2.24) is 5.32 Å². The van der Waals surface area contributed by atoms with Gasteiger partial charge in [-0.05, 0) is 54.8 Å². The van der Waals surface area contributed by atoms with Crippen LogP contribution in [0.5, 0.6) is 0 Å². The Balaban J connectivity index is 2.19. The van der Waals surface area contributed by atoms with Crippen molar-refractivity contribution in [3.63, 3.8) is 0 Å². The first kappa shape index (κ1) is 15.6. The van der Waals surface area contributed by atoms with Crippen molar-refractivity contribution in [2.24, 2.45) is 5.92 Å². The van der Waals surface area contributed by atoms with E-state index in [9.17, 15) is 0 Å². The van der Waals surface area contributed by atoms with E-state index in [2.05, 4.69) is 44.3 Å². The predicted octanol–water partition coefficient (Wildman–Crippen LogP) is 5.04. The van der Waals surface area contributed by atoms with E-state index < -0.39 is 0 Å². The molecule has 0 saturated heterocycles. The molecule has 112 valence electrons. The summed E-state index contributed by atoms with van der Waals surface area (Å²) in [5.41, 5.74) is 4.59.